The summed E-state index contributed by atoms with van der Waals surface area (Å²) in [6.45, 7) is 0.576. The van der Waals surface area contributed by atoms with Gasteiger partial charge in [-0.2, -0.15) is 0 Å². The molecule has 6 heteroatoms. The summed E-state index contributed by atoms with van der Waals surface area (Å²) >= 11 is 0. The predicted octanol–water partition coefficient (Wildman–Crippen LogP) is 2.04. The number of nitrogens with one attached hydrogen (secondary N) is 2. The molecule has 2 aromatic rings. The monoisotopic (exact) mass is 343 g/mol. The zero-order valence-electron chi connectivity index (χ0n) is 14.2. The highest BCUT2D eigenvalue weighted by Crippen LogP contribution is 2.28. The second-order valence-electron chi connectivity index (χ2n) is 6.97. The fourth-order valence-electron chi connectivity index (χ4n) is 3.62. The number of aromatic nitrogens is 1. The van der Waals surface area contributed by atoms with Crippen molar-refractivity contribution in [3.63, 3.8) is 0 Å². The predicted molar refractivity (Wildman–Crippen MR) is 96.1 cm³/mol. The van der Waals surface area contributed by atoms with Gasteiger partial charge in [0.1, 0.15) is 0 Å². The van der Waals surface area contributed by atoms with Gasteiger partial charge in [-0.3, -0.25) is 9.59 Å². The van der Waals surface area contributed by atoms with Crippen LogP contribution in [0, 0.1) is 11.8 Å². The van der Waals surface area contributed by atoms with Crippen molar-refractivity contribution in [2.24, 2.45) is 17.6 Å². The summed E-state index contributed by atoms with van der Waals surface area (Å²) in [5.41, 5.74) is 8.16. The number of carboxylic acid groups (broad SMARTS) is 1. The minimum atomic E-state index is -0.705. The van der Waals surface area contributed by atoms with Crippen molar-refractivity contribution in [1.29, 1.82) is 0 Å². The Kier molecular flexibility index (Phi) is 5.38. The Morgan fingerprint density at radius 1 is 1.24 bits per heavy atom. The molecule has 134 valence electrons. The summed E-state index contributed by atoms with van der Waals surface area (Å²) < 4.78 is 0. The third-order valence-electron chi connectivity index (χ3n) is 5.21. The highest BCUT2D eigenvalue weighted by atomic mass is 16.4. The van der Waals surface area contributed by atoms with Gasteiger partial charge in [0.2, 0.25) is 5.91 Å². The van der Waals surface area contributed by atoms with E-state index in [1.165, 1.54) is 0 Å². The van der Waals surface area contributed by atoms with Crippen LogP contribution in [0.25, 0.3) is 10.9 Å². The molecule has 1 aromatic heterocycles. The van der Waals surface area contributed by atoms with Crippen LogP contribution in [0.15, 0.2) is 30.5 Å². The van der Waals surface area contributed by atoms with Crippen LogP contribution in [0.2, 0.25) is 0 Å². The lowest BCUT2D eigenvalue weighted by molar-refractivity contribution is -0.143. The molecule has 0 aliphatic heterocycles. The first-order valence-corrected chi connectivity index (χ1v) is 8.85. The number of H-pyrrole nitrogens is 1. The first kappa shape index (κ1) is 17.5. The maximum atomic E-state index is 12.3. The normalized spacial score (nSPS) is 21.8. The fraction of sp³-hybridized carbons (Fsp3) is 0.474. The summed E-state index contributed by atoms with van der Waals surface area (Å²) in [4.78, 5) is 26.4. The molecular formula is C19H25N3O3. The largest absolute Gasteiger partial charge is 0.481 e. The zero-order chi connectivity index (χ0) is 17.8. The molecule has 0 bridgehead atoms. The van der Waals surface area contributed by atoms with Crippen LogP contribution in [0.5, 0.6) is 0 Å². The Labute approximate surface area is 146 Å². The number of rotatable bonds is 6. The van der Waals surface area contributed by atoms with Crippen molar-refractivity contribution in [3.05, 3.63) is 36.0 Å². The zero-order valence-corrected chi connectivity index (χ0v) is 14.2. The average molecular weight is 343 g/mol. The van der Waals surface area contributed by atoms with Crippen LogP contribution >= 0.6 is 0 Å². The molecule has 1 fully saturated rings. The highest BCUT2D eigenvalue weighted by Gasteiger charge is 2.26. The smallest absolute Gasteiger partial charge is 0.306 e. The number of aliphatic carboxylic acids is 1. The minimum absolute atomic E-state index is 0.148. The summed E-state index contributed by atoms with van der Waals surface area (Å²) in [5, 5.41) is 13.1. The van der Waals surface area contributed by atoms with Crippen LogP contribution in [0.1, 0.15) is 31.2 Å². The van der Waals surface area contributed by atoms with E-state index in [0.717, 1.165) is 29.3 Å². The summed E-state index contributed by atoms with van der Waals surface area (Å²) in [6, 6.07) is 7.37. The van der Waals surface area contributed by atoms with E-state index in [0.29, 0.717) is 31.7 Å². The highest BCUT2D eigenvalue weighted by molar-refractivity contribution is 5.86. The lowest BCUT2D eigenvalue weighted by Gasteiger charge is -2.26. The molecule has 1 aliphatic rings. The third-order valence-corrected chi connectivity index (χ3v) is 5.21. The summed E-state index contributed by atoms with van der Waals surface area (Å²) in [6.07, 6.45) is 5.46. The molecule has 0 unspecified atom stereocenters. The number of para-hydroxylation sites is 1. The molecule has 1 saturated carbocycles. The standard InChI is InChI=1S/C19H25N3O3/c20-16(9-14-11-21-17-4-2-1-3-15(14)17)18(23)22-10-12-5-7-13(8-6-12)19(24)25/h1-4,11-13,16,21H,5-10,20H2,(H,22,23)(H,24,25)/t12-,13-,16-/m0/s1. The van der Waals surface area contributed by atoms with Crippen LogP contribution in [-0.2, 0) is 16.0 Å². The number of carboxylic acids is 1. The molecule has 1 atom stereocenters. The van der Waals surface area contributed by atoms with Gasteiger partial charge in [-0.25, -0.2) is 0 Å². The molecular weight excluding hydrogens is 318 g/mol. The van der Waals surface area contributed by atoms with E-state index in [1.54, 1.807) is 0 Å². The van der Waals surface area contributed by atoms with Crippen molar-refractivity contribution in [1.82, 2.24) is 10.3 Å². The third kappa shape index (κ3) is 4.20. The van der Waals surface area contributed by atoms with E-state index >= 15 is 0 Å². The van der Waals surface area contributed by atoms with E-state index in [1.807, 2.05) is 30.5 Å². The molecule has 1 aromatic carbocycles. The number of hydrogen-bond acceptors (Lipinski definition) is 3. The maximum Gasteiger partial charge on any atom is 0.306 e. The molecule has 6 nitrogen and oxygen atoms in total. The number of nitrogens with two attached hydrogens (primary N) is 1. The minimum Gasteiger partial charge on any atom is -0.481 e. The second-order valence-corrected chi connectivity index (χ2v) is 6.97. The maximum absolute atomic E-state index is 12.3. The van der Waals surface area contributed by atoms with Gasteiger partial charge < -0.3 is 21.1 Å². The topological polar surface area (TPSA) is 108 Å². The molecule has 1 heterocycles. The summed E-state index contributed by atoms with van der Waals surface area (Å²) in [5.74, 6) is -0.732. The van der Waals surface area contributed by atoms with Gasteiger partial charge >= 0.3 is 5.97 Å². The molecule has 1 amide bonds. The van der Waals surface area contributed by atoms with Crippen molar-refractivity contribution >= 4 is 22.8 Å². The lowest BCUT2D eigenvalue weighted by Crippen LogP contribution is -2.44. The van der Waals surface area contributed by atoms with Gasteiger partial charge in [-0.1, -0.05) is 18.2 Å². The summed E-state index contributed by atoms with van der Waals surface area (Å²) in [7, 11) is 0. The van der Waals surface area contributed by atoms with Gasteiger partial charge in [0, 0.05) is 23.6 Å². The number of carbonyl (C=O) groups excluding carboxylic acids is 1. The van der Waals surface area contributed by atoms with Crippen molar-refractivity contribution in [3.8, 4) is 0 Å². The Hall–Kier alpha value is -2.34. The van der Waals surface area contributed by atoms with Crippen LogP contribution in [0.4, 0.5) is 0 Å². The molecule has 0 saturated heterocycles. The molecule has 25 heavy (non-hydrogen) atoms. The van der Waals surface area contributed by atoms with Crippen molar-refractivity contribution in [2.75, 3.05) is 6.54 Å². The number of amides is 1. The van der Waals surface area contributed by atoms with E-state index in [9.17, 15) is 9.59 Å². The van der Waals surface area contributed by atoms with Gasteiger partial charge in [0.05, 0.1) is 12.0 Å². The van der Waals surface area contributed by atoms with Crippen LogP contribution in [0.3, 0.4) is 0 Å². The molecule has 5 N–H and O–H groups in total. The van der Waals surface area contributed by atoms with Crippen molar-refractivity contribution < 1.29 is 14.7 Å². The number of hydrogen-bond donors (Lipinski definition) is 4. The Morgan fingerprint density at radius 2 is 1.96 bits per heavy atom. The van der Waals surface area contributed by atoms with Gasteiger partial charge in [0.25, 0.3) is 0 Å². The van der Waals surface area contributed by atoms with Crippen LogP contribution in [-0.4, -0.2) is 34.6 Å². The Balaban J connectivity index is 1.47. The lowest BCUT2D eigenvalue weighted by atomic mass is 9.82. The molecule has 1 aliphatic carbocycles. The fourth-order valence-corrected chi connectivity index (χ4v) is 3.62. The molecule has 3 rings (SSSR count). The Bertz CT molecular complexity index is 747. The average Bonchev–Trinajstić information content (AvgIpc) is 3.03. The number of fused-ring (bicyclic) bond motifs is 1. The molecule has 0 spiro atoms. The quantitative estimate of drug-likeness (QED) is 0.643. The molecule has 0 radical (unpaired) electrons. The first-order chi connectivity index (χ1) is 12.0. The van der Waals surface area contributed by atoms with E-state index in [2.05, 4.69) is 10.3 Å². The first-order valence-electron chi connectivity index (χ1n) is 8.85. The number of benzene rings is 1. The SMILES string of the molecule is N[C@@H](Cc1c[nH]c2ccccc12)C(=O)NC[C@H]1CC[C@H](C(=O)O)CC1. The number of aromatic amines is 1. The Morgan fingerprint density at radius 3 is 2.68 bits per heavy atom. The van der Waals surface area contributed by atoms with Gasteiger partial charge in [-0.05, 0) is 49.7 Å². The van der Waals surface area contributed by atoms with E-state index < -0.39 is 12.0 Å². The van der Waals surface area contributed by atoms with Gasteiger partial charge in [-0.15, -0.1) is 0 Å². The van der Waals surface area contributed by atoms with Gasteiger partial charge in [0.15, 0.2) is 0 Å². The van der Waals surface area contributed by atoms with Crippen LogP contribution < -0.4 is 11.1 Å². The second kappa shape index (κ2) is 7.70. The van der Waals surface area contributed by atoms with E-state index in [-0.39, 0.29) is 11.8 Å². The van der Waals surface area contributed by atoms with Crippen molar-refractivity contribution in [2.45, 2.75) is 38.1 Å². The van der Waals surface area contributed by atoms with E-state index in [4.69, 9.17) is 10.8 Å². The number of carbonyl (C=O) groups is 2.